The summed E-state index contributed by atoms with van der Waals surface area (Å²) in [5.41, 5.74) is -0.780. The average Bonchev–Trinajstić information content (AvgIpc) is 2.72. The van der Waals surface area contributed by atoms with Crippen LogP contribution in [0, 0.1) is 0 Å². The molecule has 3 heterocycles. The van der Waals surface area contributed by atoms with Gasteiger partial charge in [-0.05, 0) is 35.2 Å². The van der Waals surface area contributed by atoms with Gasteiger partial charge in [0, 0.05) is 39.3 Å². The van der Waals surface area contributed by atoms with Crippen LogP contribution in [0.5, 0.6) is 0 Å². The van der Waals surface area contributed by atoms with Gasteiger partial charge in [0.15, 0.2) is 0 Å². The molecule has 1 aromatic heterocycles. The lowest BCUT2D eigenvalue weighted by molar-refractivity contribution is -0.133. The predicted octanol–water partition coefficient (Wildman–Crippen LogP) is 1.27. The molecule has 2 saturated heterocycles. The molecule has 22 heavy (non-hydrogen) atoms. The molecule has 3 rings (SSSR count). The summed E-state index contributed by atoms with van der Waals surface area (Å²) in [4.78, 5) is 15.7. The van der Waals surface area contributed by atoms with Crippen molar-refractivity contribution in [1.29, 1.82) is 0 Å². The van der Waals surface area contributed by atoms with Crippen LogP contribution in [-0.2, 0) is 4.79 Å². The second kappa shape index (κ2) is 6.29. The Bertz CT molecular complexity index is 543. The molecule has 2 aliphatic rings. The summed E-state index contributed by atoms with van der Waals surface area (Å²) in [5, 5.41) is 15.2. The molecule has 0 aromatic carbocycles. The van der Waals surface area contributed by atoms with Gasteiger partial charge in [0.25, 0.3) is 0 Å². The van der Waals surface area contributed by atoms with E-state index in [1.165, 1.54) is 0 Å². The first-order chi connectivity index (χ1) is 10.5. The zero-order valence-electron chi connectivity index (χ0n) is 12.9. The van der Waals surface area contributed by atoms with Crippen molar-refractivity contribution >= 4 is 21.8 Å². The quantitative estimate of drug-likeness (QED) is 0.869. The Hall–Kier alpha value is -0.920. The second-order valence-electron chi connectivity index (χ2n) is 6.61. The van der Waals surface area contributed by atoms with Crippen molar-refractivity contribution in [2.24, 2.45) is 0 Å². The topological polar surface area (TPSA) is 61.6 Å². The lowest BCUT2D eigenvalue weighted by atomic mass is 9.94. The number of carbonyl (C=O) groups excluding carboxylic acids is 1. The lowest BCUT2D eigenvalue weighted by Crippen LogP contribution is -2.57. The van der Waals surface area contributed by atoms with Gasteiger partial charge in [-0.1, -0.05) is 0 Å². The average molecular weight is 371 g/mol. The Kier molecular flexibility index (Phi) is 4.56. The maximum Gasteiger partial charge on any atom is 0.219 e. The fourth-order valence-electron chi connectivity index (χ4n) is 3.44. The fourth-order valence-corrected chi connectivity index (χ4v) is 3.74. The van der Waals surface area contributed by atoms with Gasteiger partial charge in [-0.2, -0.15) is 5.10 Å². The Morgan fingerprint density at radius 3 is 2.91 bits per heavy atom. The molecule has 0 bridgehead atoms. The molecule has 7 heteroatoms. The Labute approximate surface area is 139 Å². The molecular formula is C15H23BrN4O2. The van der Waals surface area contributed by atoms with Crippen LogP contribution in [0.3, 0.4) is 0 Å². The number of hydrogen-bond acceptors (Lipinski definition) is 4. The number of amides is 1. The molecular weight excluding hydrogens is 348 g/mol. The van der Waals surface area contributed by atoms with Crippen molar-refractivity contribution in [3.63, 3.8) is 0 Å². The monoisotopic (exact) mass is 370 g/mol. The number of rotatable bonds is 3. The van der Waals surface area contributed by atoms with Gasteiger partial charge in [-0.15, -0.1) is 0 Å². The third-order valence-corrected chi connectivity index (χ3v) is 5.06. The Morgan fingerprint density at radius 2 is 2.27 bits per heavy atom. The van der Waals surface area contributed by atoms with Crippen LogP contribution in [0.1, 0.15) is 32.2 Å². The summed E-state index contributed by atoms with van der Waals surface area (Å²) in [6, 6.07) is 0.379. The van der Waals surface area contributed by atoms with Crippen LogP contribution in [0.25, 0.3) is 0 Å². The van der Waals surface area contributed by atoms with E-state index in [0.29, 0.717) is 19.1 Å². The number of nitrogens with zero attached hydrogens (tertiary/aromatic N) is 4. The molecule has 6 nitrogen and oxygen atoms in total. The van der Waals surface area contributed by atoms with Gasteiger partial charge >= 0.3 is 0 Å². The summed E-state index contributed by atoms with van der Waals surface area (Å²) in [5.74, 6) is 0.0585. The number of β-amino-alcohol motifs (C(OH)–C–C–N with tert-alkyl or cyclic N) is 1. The van der Waals surface area contributed by atoms with E-state index < -0.39 is 5.60 Å². The zero-order valence-corrected chi connectivity index (χ0v) is 14.5. The predicted molar refractivity (Wildman–Crippen MR) is 86.5 cm³/mol. The maximum absolute atomic E-state index is 11.6. The molecule has 1 unspecified atom stereocenters. The third-order valence-electron chi connectivity index (χ3n) is 4.65. The maximum atomic E-state index is 11.6. The van der Waals surface area contributed by atoms with E-state index >= 15 is 0 Å². The van der Waals surface area contributed by atoms with Crippen molar-refractivity contribution in [3.05, 3.63) is 16.9 Å². The zero-order chi connectivity index (χ0) is 15.7. The number of likely N-dealkylation sites (tertiary alicyclic amines) is 2. The second-order valence-corrected chi connectivity index (χ2v) is 7.52. The van der Waals surface area contributed by atoms with Crippen molar-refractivity contribution in [2.75, 3.05) is 32.7 Å². The summed E-state index contributed by atoms with van der Waals surface area (Å²) in [6.45, 7) is 5.24. The highest BCUT2D eigenvalue weighted by Crippen LogP contribution is 2.28. The lowest BCUT2D eigenvalue weighted by Gasteiger charge is -2.44. The standard InChI is InChI=1S/C15H23BrN4O2/c1-12(21)19-5-3-2-4-15(22,11-19)10-18-8-14(9-18)20-7-13(16)6-17-20/h6-7,14,22H,2-5,8-11H2,1H3. The van der Waals surface area contributed by atoms with Crippen LogP contribution in [-0.4, -0.2) is 68.9 Å². The highest BCUT2D eigenvalue weighted by Gasteiger charge is 2.38. The van der Waals surface area contributed by atoms with Gasteiger partial charge in [0.2, 0.25) is 5.91 Å². The molecule has 1 N–H and O–H groups in total. The van der Waals surface area contributed by atoms with Crippen molar-refractivity contribution in [3.8, 4) is 0 Å². The SMILES string of the molecule is CC(=O)N1CCCCC(O)(CN2CC(n3cc(Br)cn3)C2)C1. The van der Waals surface area contributed by atoms with E-state index in [2.05, 4.69) is 25.9 Å². The van der Waals surface area contributed by atoms with E-state index in [1.54, 1.807) is 18.0 Å². The third kappa shape index (κ3) is 3.52. The van der Waals surface area contributed by atoms with Crippen molar-refractivity contribution in [2.45, 2.75) is 37.8 Å². The molecule has 1 amide bonds. The molecule has 0 saturated carbocycles. The molecule has 2 fully saturated rings. The molecule has 0 spiro atoms. The Balaban J connectivity index is 1.55. The van der Waals surface area contributed by atoms with Gasteiger partial charge in [0.05, 0.1) is 28.9 Å². The minimum absolute atomic E-state index is 0.0585. The molecule has 2 aliphatic heterocycles. The van der Waals surface area contributed by atoms with E-state index in [4.69, 9.17) is 0 Å². The van der Waals surface area contributed by atoms with Crippen LogP contribution >= 0.6 is 15.9 Å². The minimum Gasteiger partial charge on any atom is -0.387 e. The molecule has 1 atom stereocenters. The molecule has 0 aliphatic carbocycles. The highest BCUT2D eigenvalue weighted by molar-refractivity contribution is 9.10. The number of hydrogen-bond donors (Lipinski definition) is 1. The summed E-state index contributed by atoms with van der Waals surface area (Å²) < 4.78 is 2.96. The van der Waals surface area contributed by atoms with Crippen molar-refractivity contribution in [1.82, 2.24) is 19.6 Å². The summed E-state index contributed by atoms with van der Waals surface area (Å²) in [7, 11) is 0. The first-order valence-electron chi connectivity index (χ1n) is 7.85. The summed E-state index contributed by atoms with van der Waals surface area (Å²) >= 11 is 3.41. The molecule has 122 valence electrons. The van der Waals surface area contributed by atoms with Gasteiger partial charge in [-0.3, -0.25) is 14.4 Å². The smallest absolute Gasteiger partial charge is 0.219 e. The number of halogens is 1. The fraction of sp³-hybridized carbons (Fsp3) is 0.733. The summed E-state index contributed by atoms with van der Waals surface area (Å²) in [6.07, 6.45) is 6.51. The molecule has 1 aromatic rings. The van der Waals surface area contributed by atoms with Crippen LogP contribution in [0.15, 0.2) is 16.9 Å². The van der Waals surface area contributed by atoms with Crippen LogP contribution < -0.4 is 0 Å². The van der Waals surface area contributed by atoms with Gasteiger partial charge in [0.1, 0.15) is 0 Å². The van der Waals surface area contributed by atoms with E-state index in [0.717, 1.165) is 43.4 Å². The normalized spacial score (nSPS) is 27.5. The van der Waals surface area contributed by atoms with E-state index in [-0.39, 0.29) is 5.91 Å². The number of aromatic nitrogens is 2. The van der Waals surface area contributed by atoms with Crippen LogP contribution in [0.4, 0.5) is 0 Å². The first kappa shape index (κ1) is 16.0. The van der Waals surface area contributed by atoms with E-state index in [1.807, 2.05) is 10.9 Å². The first-order valence-corrected chi connectivity index (χ1v) is 8.64. The van der Waals surface area contributed by atoms with E-state index in [9.17, 15) is 9.90 Å². The molecule has 0 radical (unpaired) electrons. The van der Waals surface area contributed by atoms with Gasteiger partial charge in [-0.25, -0.2) is 0 Å². The highest BCUT2D eigenvalue weighted by atomic mass is 79.9. The minimum atomic E-state index is -0.780. The van der Waals surface area contributed by atoms with Crippen LogP contribution in [0.2, 0.25) is 0 Å². The van der Waals surface area contributed by atoms with Gasteiger partial charge < -0.3 is 10.0 Å². The number of aliphatic hydroxyl groups is 1. The number of carbonyl (C=O) groups is 1. The largest absolute Gasteiger partial charge is 0.387 e. The Morgan fingerprint density at radius 1 is 1.50 bits per heavy atom. The van der Waals surface area contributed by atoms with Crippen molar-refractivity contribution < 1.29 is 9.90 Å².